The van der Waals surface area contributed by atoms with Crippen LogP contribution in [0, 0.1) is 11.3 Å². The van der Waals surface area contributed by atoms with Gasteiger partial charge in [-0.3, -0.25) is 10.2 Å². The highest BCUT2D eigenvalue weighted by Crippen LogP contribution is 2.37. The van der Waals surface area contributed by atoms with Gasteiger partial charge in [0.1, 0.15) is 11.3 Å². The van der Waals surface area contributed by atoms with Crippen molar-refractivity contribution >= 4 is 23.0 Å². The molecule has 2 aromatic rings. The van der Waals surface area contributed by atoms with Crippen molar-refractivity contribution in [2.45, 2.75) is 46.5 Å². The van der Waals surface area contributed by atoms with Crippen LogP contribution in [0.4, 0.5) is 0 Å². The van der Waals surface area contributed by atoms with Gasteiger partial charge in [0.2, 0.25) is 5.55 Å². The topological polar surface area (TPSA) is 63.3 Å². The summed E-state index contributed by atoms with van der Waals surface area (Å²) in [6.45, 7) is 6.35. The summed E-state index contributed by atoms with van der Waals surface area (Å²) >= 11 is 0. The number of carbonyl (C=O) groups is 1. The summed E-state index contributed by atoms with van der Waals surface area (Å²) < 4.78 is 11.2. The van der Waals surface area contributed by atoms with Crippen LogP contribution in [0.2, 0.25) is 0 Å². The first kappa shape index (κ1) is 16.5. The number of fused-ring (bicyclic) bond motifs is 3. The first-order valence-corrected chi connectivity index (χ1v) is 8.55. The van der Waals surface area contributed by atoms with E-state index < -0.39 is 0 Å². The average molecular weight is 325 g/mol. The molecule has 0 amide bonds. The van der Waals surface area contributed by atoms with Crippen LogP contribution in [0.25, 0.3) is 17.0 Å². The molecule has 0 aliphatic carbocycles. The zero-order valence-corrected chi connectivity index (χ0v) is 14.4. The highest BCUT2D eigenvalue weighted by atomic mass is 16.5. The van der Waals surface area contributed by atoms with Crippen molar-refractivity contribution in [3.05, 3.63) is 40.5 Å². The quantitative estimate of drug-likeness (QED) is 0.670. The zero-order chi connectivity index (χ0) is 17.3. The number of ether oxygens (including phenoxy) is 1. The highest BCUT2D eigenvalue weighted by molar-refractivity contribution is 5.92. The van der Waals surface area contributed by atoms with E-state index in [9.17, 15) is 4.79 Å². The summed E-state index contributed by atoms with van der Waals surface area (Å²) in [5.41, 5.74) is 3.76. The van der Waals surface area contributed by atoms with Crippen LogP contribution in [-0.4, -0.2) is 5.97 Å². The smallest absolute Gasteiger partial charge is 0.311 e. The summed E-state index contributed by atoms with van der Waals surface area (Å²) in [5, 5.41) is 8.98. The third-order valence-electron chi connectivity index (χ3n) is 4.19. The molecule has 1 aliphatic rings. The van der Waals surface area contributed by atoms with E-state index in [4.69, 9.17) is 14.6 Å². The highest BCUT2D eigenvalue weighted by Gasteiger charge is 2.24. The average Bonchev–Trinajstić information content (AvgIpc) is 2.53. The lowest BCUT2D eigenvalue weighted by Gasteiger charge is -2.20. The molecule has 0 unspecified atom stereocenters. The molecule has 4 nitrogen and oxygen atoms in total. The number of hydrogen-bond acceptors (Lipinski definition) is 4. The lowest BCUT2D eigenvalue weighted by Crippen LogP contribution is -2.17. The van der Waals surface area contributed by atoms with Gasteiger partial charge in [-0.05, 0) is 30.4 Å². The summed E-state index contributed by atoms with van der Waals surface area (Å²) in [6.07, 6.45) is 6.95. The van der Waals surface area contributed by atoms with E-state index in [0.717, 1.165) is 34.9 Å². The molecule has 0 radical (unpaired) electrons. The van der Waals surface area contributed by atoms with E-state index in [1.165, 1.54) is 0 Å². The SMILES string of the molecule is CCCc1cc(=N)oc2c3c(c(C=CC(C)C)cc12)OC(=O)CC3. The summed E-state index contributed by atoms with van der Waals surface area (Å²) in [4.78, 5) is 11.8. The predicted molar refractivity (Wildman–Crippen MR) is 93.9 cm³/mol. The van der Waals surface area contributed by atoms with Crippen molar-refractivity contribution in [2.24, 2.45) is 5.92 Å². The molecule has 0 fully saturated rings. The zero-order valence-electron chi connectivity index (χ0n) is 14.4. The van der Waals surface area contributed by atoms with Gasteiger partial charge in [0.05, 0.1) is 6.42 Å². The van der Waals surface area contributed by atoms with Gasteiger partial charge in [0.15, 0.2) is 0 Å². The lowest BCUT2D eigenvalue weighted by molar-refractivity contribution is -0.135. The molecule has 1 aliphatic heterocycles. The molecule has 1 N–H and O–H groups in total. The molecule has 126 valence electrons. The van der Waals surface area contributed by atoms with Crippen molar-refractivity contribution < 1.29 is 13.9 Å². The third-order valence-corrected chi connectivity index (χ3v) is 4.19. The number of allylic oxidation sites excluding steroid dienone is 1. The van der Waals surface area contributed by atoms with Gasteiger partial charge in [0.25, 0.3) is 0 Å². The van der Waals surface area contributed by atoms with Crippen LogP contribution < -0.4 is 10.3 Å². The Kier molecular flexibility index (Phi) is 4.56. The molecule has 24 heavy (non-hydrogen) atoms. The molecule has 0 bridgehead atoms. The maximum atomic E-state index is 11.8. The molecular weight excluding hydrogens is 302 g/mol. The first-order valence-electron chi connectivity index (χ1n) is 8.55. The molecule has 0 spiro atoms. The number of aryl methyl sites for hydroxylation is 2. The Morgan fingerprint density at radius 2 is 2.08 bits per heavy atom. The number of nitrogens with one attached hydrogen (secondary N) is 1. The van der Waals surface area contributed by atoms with Gasteiger partial charge in [-0.25, -0.2) is 0 Å². The molecule has 1 aromatic carbocycles. The van der Waals surface area contributed by atoms with Crippen LogP contribution in [0.15, 0.2) is 22.6 Å². The monoisotopic (exact) mass is 325 g/mol. The molecular formula is C20H23NO3. The molecule has 0 atom stereocenters. The molecule has 0 saturated heterocycles. The van der Waals surface area contributed by atoms with Crippen LogP contribution in [0.5, 0.6) is 5.75 Å². The van der Waals surface area contributed by atoms with E-state index in [1.807, 2.05) is 12.1 Å². The van der Waals surface area contributed by atoms with Crippen molar-refractivity contribution in [1.82, 2.24) is 0 Å². The summed E-state index contributed by atoms with van der Waals surface area (Å²) in [6, 6.07) is 3.82. The number of hydrogen-bond donors (Lipinski definition) is 1. The Balaban J connectivity index is 2.32. The second-order valence-electron chi connectivity index (χ2n) is 6.61. The van der Waals surface area contributed by atoms with Gasteiger partial charge in [-0.15, -0.1) is 0 Å². The molecule has 2 heterocycles. The Bertz CT molecular complexity index is 875. The molecule has 1 aromatic heterocycles. The van der Waals surface area contributed by atoms with Crippen molar-refractivity contribution in [2.75, 3.05) is 0 Å². The minimum atomic E-state index is -0.211. The third kappa shape index (κ3) is 3.14. The number of carbonyl (C=O) groups excluding carboxylic acids is 1. The van der Waals surface area contributed by atoms with Gasteiger partial charge >= 0.3 is 5.97 Å². The van der Waals surface area contributed by atoms with Crippen LogP contribution in [0.1, 0.15) is 50.3 Å². The first-order chi connectivity index (χ1) is 11.5. The second kappa shape index (κ2) is 6.63. The van der Waals surface area contributed by atoms with E-state index >= 15 is 0 Å². The van der Waals surface area contributed by atoms with E-state index in [-0.39, 0.29) is 11.5 Å². The van der Waals surface area contributed by atoms with Gasteiger partial charge in [0, 0.05) is 22.6 Å². The molecule has 4 heteroatoms. The van der Waals surface area contributed by atoms with Gasteiger partial charge in [-0.2, -0.15) is 0 Å². The van der Waals surface area contributed by atoms with Gasteiger partial charge in [-0.1, -0.05) is 39.3 Å². The number of rotatable bonds is 4. The summed E-state index contributed by atoms with van der Waals surface area (Å²) in [5.74, 6) is 0.787. The number of esters is 1. The van der Waals surface area contributed by atoms with Crippen molar-refractivity contribution in [3.63, 3.8) is 0 Å². The van der Waals surface area contributed by atoms with Crippen LogP contribution >= 0.6 is 0 Å². The maximum absolute atomic E-state index is 11.8. The van der Waals surface area contributed by atoms with Crippen LogP contribution in [0.3, 0.4) is 0 Å². The fourth-order valence-corrected chi connectivity index (χ4v) is 3.09. The Labute approximate surface area is 141 Å². The standard InChI is InChI=1S/C20H23NO3/c1-4-5-13-11-17(21)23-20-15-8-9-18(22)24-19(15)14(10-16(13)20)7-6-12(2)3/h6-7,10-12,21H,4-5,8-9H2,1-3H3. The largest absolute Gasteiger partial charge is 0.439 e. The van der Waals surface area contributed by atoms with Crippen molar-refractivity contribution in [3.8, 4) is 5.75 Å². The molecule has 3 rings (SSSR count). The van der Waals surface area contributed by atoms with Gasteiger partial charge < -0.3 is 9.15 Å². The Morgan fingerprint density at radius 3 is 2.79 bits per heavy atom. The Hall–Kier alpha value is -2.36. The summed E-state index contributed by atoms with van der Waals surface area (Å²) in [7, 11) is 0. The predicted octanol–water partition coefficient (Wildman–Crippen LogP) is 4.39. The van der Waals surface area contributed by atoms with E-state index in [1.54, 1.807) is 6.07 Å². The van der Waals surface area contributed by atoms with E-state index in [2.05, 4.69) is 26.8 Å². The fourth-order valence-electron chi connectivity index (χ4n) is 3.09. The maximum Gasteiger partial charge on any atom is 0.311 e. The van der Waals surface area contributed by atoms with Crippen LogP contribution in [-0.2, 0) is 17.6 Å². The minimum absolute atomic E-state index is 0.149. The minimum Gasteiger partial charge on any atom is -0.439 e. The normalized spacial score (nSPS) is 14.4. The van der Waals surface area contributed by atoms with Crippen molar-refractivity contribution in [1.29, 1.82) is 5.41 Å². The van der Waals surface area contributed by atoms with E-state index in [0.29, 0.717) is 30.1 Å². The fraction of sp³-hybridized carbons (Fsp3) is 0.400. The lowest BCUT2D eigenvalue weighted by atomic mass is 9.94. The second-order valence-corrected chi connectivity index (χ2v) is 6.61. The molecule has 0 saturated carbocycles. The Morgan fingerprint density at radius 1 is 1.29 bits per heavy atom. The number of benzene rings is 1.